The Morgan fingerprint density at radius 1 is 0.944 bits per heavy atom. The van der Waals surface area contributed by atoms with Crippen LogP contribution in [0.15, 0.2) is 18.2 Å². The number of aliphatic hydroxyl groups is 1. The van der Waals surface area contributed by atoms with Crippen LogP contribution in [0.25, 0.3) is 0 Å². The first kappa shape index (κ1) is 25.0. The van der Waals surface area contributed by atoms with Gasteiger partial charge in [-0.1, -0.05) is 32.8 Å². The Hall–Kier alpha value is -1.33. The lowest BCUT2D eigenvalue weighted by Crippen LogP contribution is -2.57. The third-order valence-electron chi connectivity index (χ3n) is 12.4. The molecule has 0 amide bonds. The first-order valence-corrected chi connectivity index (χ1v) is 15.1. The predicted molar refractivity (Wildman–Crippen MR) is 145 cm³/mol. The van der Waals surface area contributed by atoms with Crippen LogP contribution in [0.2, 0.25) is 0 Å². The van der Waals surface area contributed by atoms with Gasteiger partial charge in [0.25, 0.3) is 0 Å². The Labute approximate surface area is 219 Å². The maximum atomic E-state index is 12.2. The van der Waals surface area contributed by atoms with E-state index in [0.29, 0.717) is 11.3 Å². The van der Waals surface area contributed by atoms with Crippen molar-refractivity contribution >= 4 is 5.82 Å². The molecule has 5 aliphatic rings. The fourth-order valence-corrected chi connectivity index (χ4v) is 10.1. The highest BCUT2D eigenvalue weighted by Crippen LogP contribution is 2.68. The molecule has 200 valence electrons. The maximum absolute atomic E-state index is 12.2. The minimum absolute atomic E-state index is 0.109. The molecule has 1 N–H and O–H groups in total. The minimum atomic E-state index is -0.488. The van der Waals surface area contributed by atoms with Gasteiger partial charge in [0, 0.05) is 38.8 Å². The average Bonchev–Trinajstić information content (AvgIpc) is 3.18. The van der Waals surface area contributed by atoms with Crippen molar-refractivity contribution in [1.82, 2.24) is 9.88 Å². The second kappa shape index (κ2) is 9.45. The molecule has 5 nitrogen and oxygen atoms in total. The lowest BCUT2D eigenvalue weighted by molar-refractivity contribution is -0.154. The summed E-state index contributed by atoms with van der Waals surface area (Å²) in [6.07, 6.45) is 14.6. The van der Waals surface area contributed by atoms with Crippen LogP contribution in [0, 0.1) is 34.5 Å². The van der Waals surface area contributed by atoms with Crippen LogP contribution in [0.5, 0.6) is 5.88 Å². The van der Waals surface area contributed by atoms with Crippen LogP contribution >= 0.6 is 0 Å². The fraction of sp³-hybridized carbons (Fsp3) is 0.839. The molecule has 36 heavy (non-hydrogen) atoms. The van der Waals surface area contributed by atoms with Gasteiger partial charge in [0.15, 0.2) is 0 Å². The first-order valence-electron chi connectivity index (χ1n) is 15.1. The summed E-state index contributed by atoms with van der Waals surface area (Å²) in [5, 5.41) is 12.2. The zero-order valence-electron chi connectivity index (χ0n) is 23.1. The van der Waals surface area contributed by atoms with Crippen LogP contribution < -0.4 is 9.64 Å². The summed E-state index contributed by atoms with van der Waals surface area (Å²) in [5.41, 5.74) is 0.206. The molecule has 1 aliphatic heterocycles. The van der Waals surface area contributed by atoms with E-state index in [-0.39, 0.29) is 5.41 Å². The standard InChI is InChI=1S/C31H49N3O2/c1-29-14-5-4-7-23(29)10-11-24-25(29)12-15-30(2)26(24)13-16-31(30,35)17-18-33-19-21-34(22-20-33)27-8-6-9-28(32-27)36-3/h6,8-9,23-26,35H,4-5,7,10-22H2,1-3H3/t23?,24-,25+,26+,29+,30+,31+/m1/s1. The Kier molecular flexibility index (Phi) is 6.56. The van der Waals surface area contributed by atoms with Crippen molar-refractivity contribution in [2.75, 3.05) is 44.7 Å². The van der Waals surface area contributed by atoms with E-state index in [2.05, 4.69) is 34.7 Å². The molecule has 4 saturated carbocycles. The minimum Gasteiger partial charge on any atom is -0.481 e. The third kappa shape index (κ3) is 3.99. The summed E-state index contributed by atoms with van der Waals surface area (Å²) in [5.74, 6) is 5.17. The van der Waals surface area contributed by atoms with Crippen LogP contribution in [-0.2, 0) is 0 Å². The Morgan fingerprint density at radius 2 is 1.75 bits per heavy atom. The smallest absolute Gasteiger partial charge is 0.214 e. The van der Waals surface area contributed by atoms with E-state index in [1.807, 2.05) is 12.1 Å². The number of fused-ring (bicyclic) bond motifs is 5. The van der Waals surface area contributed by atoms with Gasteiger partial charge in [0.1, 0.15) is 5.82 Å². The van der Waals surface area contributed by atoms with Crippen LogP contribution in [-0.4, -0.2) is 60.4 Å². The van der Waals surface area contributed by atoms with Crippen molar-refractivity contribution < 1.29 is 9.84 Å². The molecular formula is C31H49N3O2. The monoisotopic (exact) mass is 495 g/mol. The molecule has 0 spiro atoms. The van der Waals surface area contributed by atoms with Crippen LogP contribution in [0.1, 0.15) is 84.5 Å². The van der Waals surface area contributed by atoms with E-state index < -0.39 is 5.60 Å². The summed E-state index contributed by atoms with van der Waals surface area (Å²) in [6, 6.07) is 6.01. The van der Waals surface area contributed by atoms with Crippen LogP contribution in [0.3, 0.4) is 0 Å². The number of aromatic nitrogens is 1. The van der Waals surface area contributed by atoms with Gasteiger partial charge in [0.05, 0.1) is 12.7 Å². The topological polar surface area (TPSA) is 48.8 Å². The van der Waals surface area contributed by atoms with Gasteiger partial charge in [-0.05, 0) is 98.4 Å². The highest BCUT2D eigenvalue weighted by Gasteiger charge is 2.64. The van der Waals surface area contributed by atoms with Gasteiger partial charge in [-0.25, -0.2) is 0 Å². The normalized spacial score (nSPS) is 42.9. The molecule has 1 aromatic heterocycles. The second-order valence-electron chi connectivity index (χ2n) is 13.5. The highest BCUT2D eigenvalue weighted by molar-refractivity contribution is 5.41. The number of pyridine rings is 1. The number of piperazine rings is 1. The van der Waals surface area contributed by atoms with Gasteiger partial charge in [0.2, 0.25) is 5.88 Å². The van der Waals surface area contributed by atoms with Gasteiger partial charge in [-0.3, -0.25) is 4.90 Å². The molecular weight excluding hydrogens is 446 g/mol. The van der Waals surface area contributed by atoms with Crippen molar-refractivity contribution in [3.8, 4) is 5.88 Å². The average molecular weight is 496 g/mol. The van der Waals surface area contributed by atoms with Gasteiger partial charge in [-0.2, -0.15) is 4.98 Å². The molecule has 4 aliphatic carbocycles. The Morgan fingerprint density at radius 3 is 2.56 bits per heavy atom. The Balaban J connectivity index is 1.08. The summed E-state index contributed by atoms with van der Waals surface area (Å²) in [4.78, 5) is 9.56. The summed E-state index contributed by atoms with van der Waals surface area (Å²) >= 11 is 0. The van der Waals surface area contributed by atoms with Gasteiger partial charge >= 0.3 is 0 Å². The first-order chi connectivity index (χ1) is 17.4. The molecule has 5 fully saturated rings. The van der Waals surface area contributed by atoms with Gasteiger partial charge < -0.3 is 14.7 Å². The van der Waals surface area contributed by atoms with E-state index in [1.54, 1.807) is 7.11 Å². The number of rotatable bonds is 5. The van der Waals surface area contributed by atoms with E-state index in [9.17, 15) is 5.11 Å². The number of methoxy groups -OCH3 is 1. The number of hydrogen-bond donors (Lipinski definition) is 1. The molecule has 2 heterocycles. The number of nitrogens with zero attached hydrogens (tertiary/aromatic N) is 3. The third-order valence-corrected chi connectivity index (χ3v) is 12.4. The van der Waals surface area contributed by atoms with Crippen molar-refractivity contribution in [3.05, 3.63) is 18.2 Å². The summed E-state index contributed by atoms with van der Waals surface area (Å²) in [6.45, 7) is 10.2. The van der Waals surface area contributed by atoms with Crippen molar-refractivity contribution in [3.63, 3.8) is 0 Å². The van der Waals surface area contributed by atoms with E-state index in [1.165, 1.54) is 57.8 Å². The highest BCUT2D eigenvalue weighted by atomic mass is 16.5. The largest absolute Gasteiger partial charge is 0.481 e. The molecule has 0 bridgehead atoms. The van der Waals surface area contributed by atoms with E-state index in [0.717, 1.165) is 75.1 Å². The molecule has 0 radical (unpaired) electrons. The Bertz CT molecular complexity index is 932. The summed E-state index contributed by atoms with van der Waals surface area (Å²) in [7, 11) is 1.68. The molecule has 0 aromatic carbocycles. The molecule has 1 saturated heterocycles. The predicted octanol–water partition coefficient (Wildman–Crippen LogP) is 5.77. The van der Waals surface area contributed by atoms with E-state index in [4.69, 9.17) is 4.74 Å². The molecule has 7 atom stereocenters. The maximum Gasteiger partial charge on any atom is 0.214 e. The second-order valence-corrected chi connectivity index (χ2v) is 13.5. The number of hydrogen-bond acceptors (Lipinski definition) is 5. The number of anilines is 1. The zero-order chi connectivity index (χ0) is 25.0. The van der Waals surface area contributed by atoms with Crippen LogP contribution in [0.4, 0.5) is 5.82 Å². The zero-order valence-corrected chi connectivity index (χ0v) is 23.1. The van der Waals surface area contributed by atoms with Crippen molar-refractivity contribution in [1.29, 1.82) is 0 Å². The SMILES string of the molecule is COc1cccc(N2CCN(CC[C@@]3(O)CC[C@H]4[C@@H]5CCC6CCCC[C@]6(C)[C@H]5CC[C@@]43C)CC2)n1. The van der Waals surface area contributed by atoms with E-state index >= 15 is 0 Å². The quantitative estimate of drug-likeness (QED) is 0.562. The molecule has 5 heteroatoms. The fourth-order valence-electron chi connectivity index (χ4n) is 10.1. The van der Waals surface area contributed by atoms with Crippen molar-refractivity contribution in [2.24, 2.45) is 34.5 Å². The lowest BCUT2D eigenvalue weighted by atomic mass is 9.44. The molecule has 6 rings (SSSR count). The lowest BCUT2D eigenvalue weighted by Gasteiger charge is -2.61. The molecule has 1 aromatic rings. The van der Waals surface area contributed by atoms with Crippen molar-refractivity contribution in [2.45, 2.75) is 90.1 Å². The number of ether oxygens (including phenoxy) is 1. The van der Waals surface area contributed by atoms with Gasteiger partial charge in [-0.15, -0.1) is 0 Å². The summed E-state index contributed by atoms with van der Waals surface area (Å²) < 4.78 is 5.31. The molecule has 1 unspecified atom stereocenters.